The van der Waals surface area contributed by atoms with Crippen LogP contribution in [0.2, 0.25) is 0 Å². The summed E-state index contributed by atoms with van der Waals surface area (Å²) in [7, 11) is 0. The smallest absolute Gasteiger partial charge is 0.382 e. The van der Waals surface area contributed by atoms with Gasteiger partial charge in [0.1, 0.15) is 18.1 Å². The number of benzene rings is 1. The minimum absolute atomic E-state index is 0.0170. The van der Waals surface area contributed by atoms with Gasteiger partial charge in [-0.1, -0.05) is 6.07 Å². The van der Waals surface area contributed by atoms with Crippen molar-refractivity contribution in [3.8, 4) is 0 Å². The SMILES string of the molecule is Nc1nc2ccc(C(=O)N(CC(F)(F)F)C3CCc4nc(C(F)(F)F)ccc43)cc2n2cccc12. The van der Waals surface area contributed by atoms with Gasteiger partial charge < -0.3 is 15.0 Å². The van der Waals surface area contributed by atoms with E-state index in [0.717, 1.165) is 12.1 Å². The lowest BCUT2D eigenvalue weighted by atomic mass is 10.1. The van der Waals surface area contributed by atoms with Crippen LogP contribution < -0.4 is 5.73 Å². The number of halogens is 6. The Balaban J connectivity index is 1.56. The van der Waals surface area contributed by atoms with E-state index < -0.39 is 36.5 Å². The minimum atomic E-state index is -4.72. The maximum atomic E-state index is 13.5. The molecule has 0 saturated carbocycles. The van der Waals surface area contributed by atoms with Crippen LogP contribution in [-0.4, -0.2) is 37.9 Å². The van der Waals surface area contributed by atoms with Gasteiger partial charge in [0.15, 0.2) is 0 Å². The maximum Gasteiger partial charge on any atom is 0.433 e. The van der Waals surface area contributed by atoms with Crippen molar-refractivity contribution in [2.24, 2.45) is 0 Å². The quantitative estimate of drug-likeness (QED) is 0.400. The summed E-state index contributed by atoms with van der Waals surface area (Å²) in [5, 5.41) is 0. The highest BCUT2D eigenvalue weighted by Gasteiger charge is 2.41. The molecule has 182 valence electrons. The number of nitrogens with two attached hydrogens (primary N) is 1. The number of aryl methyl sites for hydroxylation is 1. The molecular weight excluding hydrogens is 476 g/mol. The van der Waals surface area contributed by atoms with Gasteiger partial charge >= 0.3 is 12.4 Å². The summed E-state index contributed by atoms with van der Waals surface area (Å²) in [6, 6.07) is 8.47. The summed E-state index contributed by atoms with van der Waals surface area (Å²) >= 11 is 0. The van der Waals surface area contributed by atoms with Crippen LogP contribution in [0.15, 0.2) is 48.7 Å². The molecule has 0 aliphatic heterocycles. The number of hydrogen-bond acceptors (Lipinski definition) is 4. The second-order valence-electron chi connectivity index (χ2n) is 8.30. The lowest BCUT2D eigenvalue weighted by Gasteiger charge is -2.30. The van der Waals surface area contributed by atoms with Crippen molar-refractivity contribution < 1.29 is 31.1 Å². The number of pyridine rings is 1. The van der Waals surface area contributed by atoms with E-state index in [1.807, 2.05) is 0 Å². The van der Waals surface area contributed by atoms with E-state index in [9.17, 15) is 31.1 Å². The molecule has 3 heterocycles. The van der Waals surface area contributed by atoms with Crippen molar-refractivity contribution in [2.45, 2.75) is 31.2 Å². The second-order valence-corrected chi connectivity index (χ2v) is 8.30. The van der Waals surface area contributed by atoms with Gasteiger partial charge in [-0.05, 0) is 54.8 Å². The Hall–Kier alpha value is -3.83. The molecule has 4 aromatic rings. The highest BCUT2D eigenvalue weighted by Crippen LogP contribution is 2.39. The Morgan fingerprint density at radius 2 is 1.83 bits per heavy atom. The lowest BCUT2D eigenvalue weighted by molar-refractivity contribution is -0.144. The molecule has 35 heavy (non-hydrogen) atoms. The molecule has 3 aromatic heterocycles. The van der Waals surface area contributed by atoms with Crippen LogP contribution >= 0.6 is 0 Å². The summed E-state index contributed by atoms with van der Waals surface area (Å²) in [6.07, 6.45) is -7.66. The van der Waals surface area contributed by atoms with Gasteiger partial charge in [0, 0.05) is 17.5 Å². The Morgan fingerprint density at radius 3 is 2.54 bits per heavy atom. The highest BCUT2D eigenvalue weighted by atomic mass is 19.4. The third-order valence-electron chi connectivity index (χ3n) is 6.03. The van der Waals surface area contributed by atoms with E-state index >= 15 is 0 Å². The maximum absolute atomic E-state index is 13.5. The van der Waals surface area contributed by atoms with E-state index in [4.69, 9.17) is 5.73 Å². The normalized spacial score (nSPS) is 16.1. The number of fused-ring (bicyclic) bond motifs is 4. The van der Waals surface area contributed by atoms with Gasteiger partial charge in [0.25, 0.3) is 5.91 Å². The molecule has 0 spiro atoms. The molecule has 0 radical (unpaired) electrons. The zero-order valence-electron chi connectivity index (χ0n) is 17.9. The number of hydrogen-bond donors (Lipinski definition) is 1. The Labute approximate surface area is 194 Å². The summed E-state index contributed by atoms with van der Waals surface area (Å²) in [6.45, 7) is -1.56. The van der Waals surface area contributed by atoms with Crippen molar-refractivity contribution in [3.05, 3.63) is 71.2 Å². The molecule has 1 aromatic carbocycles. The summed E-state index contributed by atoms with van der Waals surface area (Å²) in [5.74, 6) is -0.646. The molecule has 0 saturated heterocycles. The number of anilines is 1. The highest BCUT2D eigenvalue weighted by molar-refractivity contribution is 5.98. The topological polar surface area (TPSA) is 76.5 Å². The third-order valence-corrected chi connectivity index (χ3v) is 6.03. The van der Waals surface area contributed by atoms with Crippen molar-refractivity contribution in [1.82, 2.24) is 19.3 Å². The molecule has 1 amide bonds. The van der Waals surface area contributed by atoms with Gasteiger partial charge in [-0.25, -0.2) is 9.97 Å². The van der Waals surface area contributed by atoms with Crippen LogP contribution in [0.4, 0.5) is 32.2 Å². The molecule has 12 heteroatoms. The van der Waals surface area contributed by atoms with Gasteiger partial charge in [-0.3, -0.25) is 4.79 Å². The Morgan fingerprint density at radius 1 is 1.06 bits per heavy atom. The zero-order chi connectivity index (χ0) is 25.1. The molecule has 5 rings (SSSR count). The fraction of sp³-hybridized carbons (Fsp3) is 0.261. The van der Waals surface area contributed by atoms with E-state index in [0.29, 0.717) is 21.5 Å². The third kappa shape index (κ3) is 4.13. The van der Waals surface area contributed by atoms with Gasteiger partial charge in [-0.2, -0.15) is 26.3 Å². The van der Waals surface area contributed by atoms with Crippen LogP contribution in [0, 0.1) is 0 Å². The van der Waals surface area contributed by atoms with Crippen LogP contribution in [-0.2, 0) is 12.6 Å². The van der Waals surface area contributed by atoms with Crippen LogP contribution in [0.25, 0.3) is 16.6 Å². The minimum Gasteiger partial charge on any atom is -0.382 e. The average molecular weight is 493 g/mol. The van der Waals surface area contributed by atoms with E-state index in [-0.39, 0.29) is 35.5 Å². The molecular formula is C23H17F6N5O. The zero-order valence-corrected chi connectivity index (χ0v) is 17.9. The monoisotopic (exact) mass is 493 g/mol. The molecule has 1 aliphatic rings. The van der Waals surface area contributed by atoms with Crippen molar-refractivity contribution in [1.29, 1.82) is 0 Å². The summed E-state index contributed by atoms with van der Waals surface area (Å²) in [5.41, 5.74) is 6.51. The predicted molar refractivity (Wildman–Crippen MR) is 115 cm³/mol. The summed E-state index contributed by atoms with van der Waals surface area (Å²) < 4.78 is 81.3. The first kappa shape index (κ1) is 22.9. The molecule has 6 nitrogen and oxygen atoms in total. The van der Waals surface area contributed by atoms with Crippen molar-refractivity contribution in [2.75, 3.05) is 12.3 Å². The van der Waals surface area contributed by atoms with Gasteiger partial charge in [0.2, 0.25) is 0 Å². The van der Waals surface area contributed by atoms with Crippen LogP contribution in [0.1, 0.15) is 39.8 Å². The number of nitrogens with zero attached hydrogens (tertiary/aromatic N) is 4. The largest absolute Gasteiger partial charge is 0.433 e. The molecule has 1 aliphatic carbocycles. The first-order chi connectivity index (χ1) is 16.4. The number of nitrogen functional groups attached to an aromatic ring is 1. The fourth-order valence-corrected chi connectivity index (χ4v) is 4.54. The van der Waals surface area contributed by atoms with Crippen LogP contribution in [0.3, 0.4) is 0 Å². The number of carbonyl (C=O) groups excluding carboxylic acids is 1. The molecule has 1 unspecified atom stereocenters. The second kappa shape index (κ2) is 7.85. The van der Waals surface area contributed by atoms with Gasteiger partial charge in [0.05, 0.1) is 22.6 Å². The number of rotatable bonds is 3. The molecule has 0 fully saturated rings. The summed E-state index contributed by atoms with van der Waals surface area (Å²) in [4.78, 5) is 21.9. The first-order valence-corrected chi connectivity index (χ1v) is 10.5. The first-order valence-electron chi connectivity index (χ1n) is 10.5. The Bertz CT molecular complexity index is 1460. The van der Waals surface area contributed by atoms with Crippen molar-refractivity contribution in [3.63, 3.8) is 0 Å². The number of amides is 1. The Kier molecular flexibility index (Phi) is 5.15. The van der Waals surface area contributed by atoms with E-state index in [1.165, 1.54) is 18.2 Å². The fourth-order valence-electron chi connectivity index (χ4n) is 4.54. The predicted octanol–water partition coefficient (Wildman–Crippen LogP) is 5.18. The number of alkyl halides is 6. The van der Waals surface area contributed by atoms with Crippen LogP contribution in [0.5, 0.6) is 0 Å². The average Bonchev–Trinajstić information content (AvgIpc) is 3.43. The van der Waals surface area contributed by atoms with Crippen molar-refractivity contribution >= 4 is 28.3 Å². The van der Waals surface area contributed by atoms with E-state index in [1.54, 1.807) is 22.7 Å². The standard InChI is InChI=1S/C23H17F6N5O/c24-22(25,26)11-34(16-7-6-14-13(16)4-8-19(31-14)23(27,28)29)21(35)12-3-5-15-18(10-12)33-9-1-2-17(33)20(30)32-15/h1-5,8-10,16H,6-7,11H2,(H2,30,32). The number of aromatic nitrogens is 3. The lowest BCUT2D eigenvalue weighted by Crippen LogP contribution is -2.41. The van der Waals surface area contributed by atoms with Gasteiger partial charge in [-0.15, -0.1) is 0 Å². The number of carbonyl (C=O) groups is 1. The molecule has 0 bridgehead atoms. The van der Waals surface area contributed by atoms with E-state index in [2.05, 4.69) is 9.97 Å². The molecule has 1 atom stereocenters. The molecule has 2 N–H and O–H groups in total.